The number of carbonyl (C=O) groups is 2. The number of ether oxygens (including phenoxy) is 3. The second kappa shape index (κ2) is 8.82. The summed E-state index contributed by atoms with van der Waals surface area (Å²) in [6.07, 6.45) is -2.85. The Morgan fingerprint density at radius 2 is 1.70 bits per heavy atom. The number of rotatable bonds is 3. The van der Waals surface area contributed by atoms with E-state index in [1.807, 2.05) is 0 Å². The third-order valence-electron chi connectivity index (χ3n) is 4.83. The van der Waals surface area contributed by atoms with Gasteiger partial charge < -0.3 is 19.3 Å². The molecule has 2 amide bonds. The van der Waals surface area contributed by atoms with Crippen LogP contribution in [0.15, 0.2) is 12.7 Å². The fraction of sp³-hybridized carbons (Fsp3) is 0.667. The number of aromatic nitrogens is 4. The van der Waals surface area contributed by atoms with E-state index in [9.17, 15) is 19.1 Å². The van der Waals surface area contributed by atoms with Gasteiger partial charge >= 0.3 is 12.2 Å². The molecule has 0 radical (unpaired) electrons. The van der Waals surface area contributed by atoms with E-state index < -0.39 is 47.8 Å². The lowest BCUT2D eigenvalue weighted by atomic mass is 10.0. The first kappa shape index (κ1) is 24.8. The van der Waals surface area contributed by atoms with Gasteiger partial charge in [-0.05, 0) is 41.5 Å². The third kappa shape index (κ3) is 5.22. The Morgan fingerprint density at radius 1 is 1.12 bits per heavy atom. The summed E-state index contributed by atoms with van der Waals surface area (Å²) in [6, 6.07) is 0. The van der Waals surface area contributed by atoms with Crippen LogP contribution in [-0.2, 0) is 14.2 Å². The van der Waals surface area contributed by atoms with Crippen molar-refractivity contribution in [1.29, 1.82) is 0 Å². The minimum absolute atomic E-state index is 0.0464. The maximum atomic E-state index is 14.9. The number of aliphatic hydroxyl groups is 1. The van der Waals surface area contributed by atoms with Gasteiger partial charge in [0.15, 0.2) is 29.4 Å². The molecule has 1 aliphatic heterocycles. The summed E-state index contributed by atoms with van der Waals surface area (Å²) in [7, 11) is 0. The van der Waals surface area contributed by atoms with Gasteiger partial charge in [0.25, 0.3) is 0 Å². The van der Waals surface area contributed by atoms with Gasteiger partial charge in [0, 0.05) is 5.92 Å². The molecule has 2 aromatic heterocycles. The van der Waals surface area contributed by atoms with Crippen LogP contribution in [-0.4, -0.2) is 66.9 Å². The number of nitrogens with zero attached hydrogens (tertiary/aromatic N) is 5. The fourth-order valence-corrected chi connectivity index (χ4v) is 3.32. The average Bonchev–Trinajstić information content (AvgIpc) is 3.21. The summed E-state index contributed by atoms with van der Waals surface area (Å²) >= 11 is 0. The molecular formula is C21H30FN5O6. The summed E-state index contributed by atoms with van der Waals surface area (Å²) in [5.74, 6) is -0.735. The quantitative estimate of drug-likeness (QED) is 0.722. The molecule has 4 atom stereocenters. The molecule has 0 unspecified atom stereocenters. The van der Waals surface area contributed by atoms with Crippen molar-refractivity contribution >= 4 is 29.2 Å². The number of imidazole rings is 1. The second-order valence-electron chi connectivity index (χ2n) is 9.87. The van der Waals surface area contributed by atoms with E-state index in [0.29, 0.717) is 4.90 Å². The van der Waals surface area contributed by atoms with E-state index in [-0.39, 0.29) is 23.6 Å². The lowest BCUT2D eigenvalue weighted by Gasteiger charge is -2.28. The zero-order valence-electron chi connectivity index (χ0n) is 19.8. The lowest BCUT2D eigenvalue weighted by molar-refractivity contribution is -0.0378. The Morgan fingerprint density at radius 3 is 2.18 bits per heavy atom. The van der Waals surface area contributed by atoms with E-state index in [1.54, 1.807) is 48.5 Å². The molecule has 0 saturated carbocycles. The van der Waals surface area contributed by atoms with Crippen molar-refractivity contribution in [2.24, 2.45) is 5.92 Å². The summed E-state index contributed by atoms with van der Waals surface area (Å²) < 4.78 is 32.7. The first-order valence-corrected chi connectivity index (χ1v) is 10.6. The maximum Gasteiger partial charge on any atom is 0.425 e. The number of fused-ring (bicyclic) bond motifs is 1. The summed E-state index contributed by atoms with van der Waals surface area (Å²) in [6.45, 7) is 11.2. The van der Waals surface area contributed by atoms with Crippen molar-refractivity contribution in [3.63, 3.8) is 0 Å². The molecule has 0 bridgehead atoms. The van der Waals surface area contributed by atoms with Gasteiger partial charge in [-0.3, -0.25) is 4.57 Å². The van der Waals surface area contributed by atoms with E-state index in [1.165, 1.54) is 10.9 Å². The maximum absolute atomic E-state index is 14.9. The molecule has 2 aromatic rings. The molecule has 1 aliphatic rings. The number of halogens is 1. The largest absolute Gasteiger partial charge is 0.443 e. The van der Waals surface area contributed by atoms with Gasteiger partial charge in [-0.2, -0.15) is 4.90 Å². The number of imide groups is 1. The van der Waals surface area contributed by atoms with Crippen LogP contribution in [0.1, 0.15) is 54.7 Å². The van der Waals surface area contributed by atoms with Gasteiger partial charge in [0.2, 0.25) is 0 Å². The number of aliphatic hydroxyl groups excluding tert-OH is 1. The number of hydrogen-bond acceptors (Lipinski definition) is 9. The van der Waals surface area contributed by atoms with Crippen LogP contribution in [0.4, 0.5) is 19.8 Å². The highest BCUT2D eigenvalue weighted by Crippen LogP contribution is 2.38. The molecule has 1 fully saturated rings. The van der Waals surface area contributed by atoms with Crippen LogP contribution in [0, 0.1) is 5.92 Å². The molecule has 182 valence electrons. The molecule has 0 aromatic carbocycles. The van der Waals surface area contributed by atoms with Crippen molar-refractivity contribution in [1.82, 2.24) is 19.5 Å². The monoisotopic (exact) mass is 467 g/mol. The molecule has 0 spiro atoms. The highest BCUT2D eigenvalue weighted by molar-refractivity contribution is 6.12. The van der Waals surface area contributed by atoms with Crippen molar-refractivity contribution < 1.29 is 33.3 Å². The SMILES string of the molecule is C[C@H]1[C@@H](F)[C@H](n2cnc3c(N(C(=O)OC(C)(C)C)C(=O)OC(C)(C)C)ncnc32)O[C@@H]1CO. The zero-order chi connectivity index (χ0) is 24.7. The summed E-state index contributed by atoms with van der Waals surface area (Å²) in [5.41, 5.74) is -1.63. The molecule has 1 N–H and O–H groups in total. The third-order valence-corrected chi connectivity index (χ3v) is 4.83. The van der Waals surface area contributed by atoms with Crippen molar-refractivity contribution in [3.05, 3.63) is 12.7 Å². The van der Waals surface area contributed by atoms with Crippen LogP contribution in [0.3, 0.4) is 0 Å². The molecule has 33 heavy (non-hydrogen) atoms. The topological polar surface area (TPSA) is 129 Å². The van der Waals surface area contributed by atoms with Crippen LogP contribution >= 0.6 is 0 Å². The van der Waals surface area contributed by atoms with Crippen molar-refractivity contribution in [3.8, 4) is 0 Å². The van der Waals surface area contributed by atoms with Gasteiger partial charge in [-0.15, -0.1) is 0 Å². The van der Waals surface area contributed by atoms with Crippen LogP contribution < -0.4 is 4.90 Å². The molecule has 3 rings (SSSR count). The van der Waals surface area contributed by atoms with E-state index >= 15 is 0 Å². The Labute approximate surface area is 190 Å². The van der Waals surface area contributed by atoms with Crippen LogP contribution in [0.2, 0.25) is 0 Å². The highest BCUT2D eigenvalue weighted by Gasteiger charge is 2.44. The normalized spacial score (nSPS) is 23.5. The first-order valence-electron chi connectivity index (χ1n) is 10.6. The molecule has 12 heteroatoms. The number of anilines is 1. The van der Waals surface area contributed by atoms with Crippen molar-refractivity contribution in [2.75, 3.05) is 11.5 Å². The zero-order valence-corrected chi connectivity index (χ0v) is 19.8. The predicted octanol–water partition coefficient (Wildman–Crippen LogP) is 3.37. The predicted molar refractivity (Wildman–Crippen MR) is 115 cm³/mol. The molecule has 3 heterocycles. The second-order valence-corrected chi connectivity index (χ2v) is 9.87. The Kier molecular flexibility index (Phi) is 6.62. The number of amides is 2. The van der Waals surface area contributed by atoms with E-state index in [4.69, 9.17) is 14.2 Å². The smallest absolute Gasteiger partial charge is 0.425 e. The minimum Gasteiger partial charge on any atom is -0.443 e. The lowest BCUT2D eigenvalue weighted by Crippen LogP contribution is -2.44. The van der Waals surface area contributed by atoms with E-state index in [2.05, 4.69) is 15.0 Å². The molecule has 0 aliphatic carbocycles. The Bertz CT molecular complexity index is 1000. The number of hydrogen-bond donors (Lipinski definition) is 1. The molecule has 1 saturated heterocycles. The van der Waals surface area contributed by atoms with Crippen LogP contribution in [0.25, 0.3) is 11.2 Å². The van der Waals surface area contributed by atoms with Gasteiger partial charge in [-0.25, -0.2) is 28.9 Å². The summed E-state index contributed by atoms with van der Waals surface area (Å²) in [5, 5.41) is 9.46. The van der Waals surface area contributed by atoms with E-state index in [0.717, 1.165) is 6.33 Å². The number of alkyl halides is 1. The molecular weight excluding hydrogens is 437 g/mol. The van der Waals surface area contributed by atoms with Crippen molar-refractivity contribution in [2.45, 2.75) is 78.2 Å². The fourth-order valence-electron chi connectivity index (χ4n) is 3.32. The van der Waals surface area contributed by atoms with Crippen LogP contribution in [0.5, 0.6) is 0 Å². The van der Waals surface area contributed by atoms with Gasteiger partial charge in [-0.1, -0.05) is 6.92 Å². The summed E-state index contributed by atoms with van der Waals surface area (Å²) in [4.78, 5) is 39.0. The Balaban J connectivity index is 2.07. The standard InChI is InChI=1S/C21H30FN5O6/c1-11-12(8-28)31-17(13(11)22)26-10-25-14-15(26)23-9-24-16(14)27(18(29)32-20(2,3)4)19(30)33-21(5,6)7/h9-13,17,28H,8H2,1-7H3/t11-,12-,13-,17-/m1/s1. The minimum atomic E-state index is -1.44. The molecule has 11 nitrogen and oxygen atoms in total. The average molecular weight is 467 g/mol. The Hall–Kier alpha value is -2.86. The highest BCUT2D eigenvalue weighted by atomic mass is 19.1. The van der Waals surface area contributed by atoms with Gasteiger partial charge in [0.1, 0.15) is 17.5 Å². The first-order chi connectivity index (χ1) is 15.2. The van der Waals surface area contributed by atoms with Gasteiger partial charge in [0.05, 0.1) is 19.0 Å². The number of carbonyl (C=O) groups excluding carboxylic acids is 2.